The molecule has 3 nitrogen and oxygen atoms in total. The highest BCUT2D eigenvalue weighted by Crippen LogP contribution is 2.54. The number of hydrogen-bond donors (Lipinski definition) is 0. The third-order valence-corrected chi connectivity index (χ3v) is 9.58. The predicted molar refractivity (Wildman–Crippen MR) is 128 cm³/mol. The average Bonchev–Trinajstić information content (AvgIpc) is 3.30. The quantitative estimate of drug-likeness (QED) is 0.234. The van der Waals surface area contributed by atoms with Crippen molar-refractivity contribution in [2.24, 2.45) is 0 Å². The number of nitrogens with zero attached hydrogens (tertiary/aromatic N) is 1. The minimum Gasteiger partial charge on any atom is -0.297 e. The highest BCUT2D eigenvalue weighted by molar-refractivity contribution is 7.92. The molecule has 1 saturated heterocycles. The van der Waals surface area contributed by atoms with Gasteiger partial charge in [0.05, 0.1) is 4.90 Å². The summed E-state index contributed by atoms with van der Waals surface area (Å²) in [6.45, 7) is 1.77. The van der Waals surface area contributed by atoms with Gasteiger partial charge in [-0.15, -0.1) is 0 Å². The Morgan fingerprint density at radius 1 is 0.846 bits per heavy atom. The Kier molecular flexibility index (Phi) is 7.35. The van der Waals surface area contributed by atoms with E-state index in [-0.39, 0.29) is 35.5 Å². The van der Waals surface area contributed by atoms with Crippen molar-refractivity contribution in [3.05, 3.63) is 101 Å². The van der Waals surface area contributed by atoms with Gasteiger partial charge in [-0.2, -0.15) is 26.3 Å². The Hall–Kier alpha value is -2.99. The summed E-state index contributed by atoms with van der Waals surface area (Å²) in [5.74, 6) is -0.650. The summed E-state index contributed by atoms with van der Waals surface area (Å²) in [6, 6.07) is 14.4. The lowest BCUT2D eigenvalue weighted by atomic mass is 9.90. The number of aryl methyl sites for hydroxylation is 1. The lowest BCUT2D eigenvalue weighted by Gasteiger charge is -2.32. The van der Waals surface area contributed by atoms with Crippen molar-refractivity contribution in [3.8, 4) is 0 Å². The topological polar surface area (TPSA) is 37.4 Å². The lowest BCUT2D eigenvalue weighted by molar-refractivity contribution is -0.348. The van der Waals surface area contributed by atoms with Gasteiger partial charge in [0.2, 0.25) is 0 Å². The van der Waals surface area contributed by atoms with Gasteiger partial charge in [0, 0.05) is 25.2 Å². The molecule has 210 valence electrons. The van der Waals surface area contributed by atoms with Gasteiger partial charge in [-0.3, -0.25) is 4.90 Å². The minimum absolute atomic E-state index is 0.0401. The molecular formula is C27H23F8NO2S. The summed E-state index contributed by atoms with van der Waals surface area (Å²) in [4.78, 5) is 1.54. The van der Waals surface area contributed by atoms with Gasteiger partial charge in [0.1, 0.15) is 10.6 Å². The van der Waals surface area contributed by atoms with Crippen molar-refractivity contribution in [3.63, 3.8) is 0 Å². The Morgan fingerprint density at radius 3 is 1.97 bits per heavy atom. The Labute approximate surface area is 220 Å². The normalized spacial score (nSPS) is 19.4. The van der Waals surface area contributed by atoms with Gasteiger partial charge in [-0.25, -0.2) is 17.2 Å². The maximum Gasteiger partial charge on any atom is 0.435 e. The van der Waals surface area contributed by atoms with Crippen molar-refractivity contribution in [1.82, 2.24) is 4.90 Å². The summed E-state index contributed by atoms with van der Waals surface area (Å²) in [5.41, 5.74) is -6.56. The molecular weight excluding hydrogens is 554 g/mol. The number of benzene rings is 3. The molecule has 1 heterocycles. The van der Waals surface area contributed by atoms with Gasteiger partial charge in [0.15, 0.2) is 9.84 Å². The van der Waals surface area contributed by atoms with Crippen molar-refractivity contribution >= 4 is 9.84 Å². The van der Waals surface area contributed by atoms with Crippen LogP contribution in [0.4, 0.5) is 35.1 Å². The second kappa shape index (κ2) is 9.88. The first-order valence-corrected chi connectivity index (χ1v) is 13.2. The third kappa shape index (κ3) is 4.93. The monoisotopic (exact) mass is 577 g/mol. The summed E-state index contributed by atoms with van der Waals surface area (Å²) in [7, 11) is -4.37. The first-order valence-electron chi connectivity index (χ1n) is 11.7. The Bertz CT molecular complexity index is 1420. The molecule has 4 rings (SSSR count). The molecule has 1 aliphatic heterocycles. The highest BCUT2D eigenvalue weighted by Gasteiger charge is 2.73. The minimum atomic E-state index is -6.30. The molecule has 1 fully saturated rings. The fraction of sp³-hybridized carbons (Fsp3) is 0.333. The summed E-state index contributed by atoms with van der Waals surface area (Å²) in [5, 5.41) is 0. The number of sulfone groups is 1. The molecule has 0 aliphatic carbocycles. The molecule has 12 heteroatoms. The smallest absolute Gasteiger partial charge is 0.297 e. The average molecular weight is 578 g/mol. The summed E-state index contributed by atoms with van der Waals surface area (Å²) < 4.78 is 134. The van der Waals surface area contributed by atoms with E-state index in [1.54, 1.807) is 23.1 Å². The zero-order valence-electron chi connectivity index (χ0n) is 20.5. The Morgan fingerprint density at radius 2 is 1.44 bits per heavy atom. The van der Waals surface area contributed by atoms with E-state index >= 15 is 0 Å². The van der Waals surface area contributed by atoms with E-state index in [2.05, 4.69) is 0 Å². The molecule has 0 spiro atoms. The SMILES string of the molecule is Cc1cc(S(=O)(=O)[C@]2(c3ccc(C(F)(C(F)(F)F)C(F)(F)F)cc3)CCN(Cc3ccccc3)C2)ccc1F. The Balaban J connectivity index is 1.82. The standard InChI is InChI=1S/C27H23F8NO2S/c1-18-15-22(11-12-23(18)28)39(37,38)24(13-14-36(17-24)16-19-5-3-2-4-6-19)20-7-9-21(10-8-20)25(29,26(30,31)32)27(33,34)35/h2-12,15H,13-14,16-17H2,1H3/t24-/m1/s1. The van der Waals surface area contributed by atoms with Crippen LogP contribution in [0.1, 0.15) is 28.7 Å². The van der Waals surface area contributed by atoms with E-state index in [0.717, 1.165) is 35.9 Å². The van der Waals surface area contributed by atoms with Crippen LogP contribution < -0.4 is 0 Å². The number of alkyl halides is 7. The maximum absolute atomic E-state index is 14.6. The first-order chi connectivity index (χ1) is 18.0. The number of halogens is 8. The molecule has 0 amide bonds. The van der Waals surface area contributed by atoms with E-state index < -0.39 is 44.0 Å². The van der Waals surface area contributed by atoms with Gasteiger partial charge >= 0.3 is 18.0 Å². The van der Waals surface area contributed by atoms with Crippen LogP contribution in [0.25, 0.3) is 0 Å². The number of rotatable bonds is 6. The second-order valence-electron chi connectivity index (χ2n) is 9.59. The van der Waals surface area contributed by atoms with Gasteiger partial charge in [-0.1, -0.05) is 54.6 Å². The van der Waals surface area contributed by atoms with Crippen LogP contribution in [-0.4, -0.2) is 38.8 Å². The zero-order chi connectivity index (χ0) is 28.9. The van der Waals surface area contributed by atoms with Crippen LogP contribution in [-0.2, 0) is 26.8 Å². The van der Waals surface area contributed by atoms with Crippen LogP contribution in [0, 0.1) is 12.7 Å². The zero-order valence-corrected chi connectivity index (χ0v) is 21.3. The fourth-order valence-electron chi connectivity index (χ4n) is 4.95. The summed E-state index contributed by atoms with van der Waals surface area (Å²) in [6.07, 6.45) is -12.7. The molecule has 0 unspecified atom stereocenters. The van der Waals surface area contributed by atoms with Crippen LogP contribution in [0.5, 0.6) is 0 Å². The van der Waals surface area contributed by atoms with Gasteiger partial charge in [-0.05, 0) is 48.2 Å². The molecule has 0 N–H and O–H groups in total. The predicted octanol–water partition coefficient (Wildman–Crippen LogP) is 7.00. The van der Waals surface area contributed by atoms with Crippen molar-refractivity contribution in [2.75, 3.05) is 13.1 Å². The van der Waals surface area contributed by atoms with Crippen molar-refractivity contribution < 1.29 is 43.5 Å². The van der Waals surface area contributed by atoms with Crippen LogP contribution in [0.3, 0.4) is 0 Å². The van der Waals surface area contributed by atoms with E-state index in [4.69, 9.17) is 0 Å². The van der Waals surface area contributed by atoms with Gasteiger partial charge < -0.3 is 0 Å². The molecule has 0 bridgehead atoms. The highest BCUT2D eigenvalue weighted by atomic mass is 32.2. The number of likely N-dealkylation sites (tertiary alicyclic amines) is 1. The maximum atomic E-state index is 14.6. The van der Waals surface area contributed by atoms with Crippen molar-refractivity contribution in [2.45, 2.75) is 47.6 Å². The number of hydrogen-bond acceptors (Lipinski definition) is 3. The molecule has 0 aromatic heterocycles. The lowest BCUT2D eigenvalue weighted by Crippen LogP contribution is -2.50. The molecule has 3 aromatic carbocycles. The molecule has 1 atom stereocenters. The summed E-state index contributed by atoms with van der Waals surface area (Å²) >= 11 is 0. The molecule has 39 heavy (non-hydrogen) atoms. The van der Waals surface area contributed by atoms with E-state index in [9.17, 15) is 43.5 Å². The van der Waals surface area contributed by atoms with Crippen LogP contribution in [0.2, 0.25) is 0 Å². The van der Waals surface area contributed by atoms with Gasteiger partial charge in [0.25, 0.3) is 0 Å². The van der Waals surface area contributed by atoms with E-state index in [1.807, 2.05) is 12.1 Å². The van der Waals surface area contributed by atoms with Crippen LogP contribution >= 0.6 is 0 Å². The molecule has 1 aliphatic rings. The van der Waals surface area contributed by atoms with E-state index in [1.165, 1.54) is 6.92 Å². The molecule has 0 radical (unpaired) electrons. The van der Waals surface area contributed by atoms with Crippen molar-refractivity contribution in [1.29, 1.82) is 0 Å². The molecule has 3 aromatic rings. The largest absolute Gasteiger partial charge is 0.435 e. The molecule has 0 saturated carbocycles. The third-order valence-electron chi connectivity index (χ3n) is 7.10. The van der Waals surface area contributed by atoms with Crippen LogP contribution in [0.15, 0.2) is 77.7 Å². The fourth-order valence-corrected chi connectivity index (χ4v) is 7.14. The first kappa shape index (κ1) is 29.0. The second-order valence-corrected chi connectivity index (χ2v) is 11.8. The van der Waals surface area contributed by atoms with E-state index in [0.29, 0.717) is 18.7 Å².